The van der Waals surface area contributed by atoms with Gasteiger partial charge in [-0.3, -0.25) is 41.5 Å². The number of imidazole rings is 4. The lowest BCUT2D eigenvalue weighted by Crippen LogP contribution is -2.53. The van der Waals surface area contributed by atoms with E-state index in [1.165, 1.54) is 69.3 Å². The van der Waals surface area contributed by atoms with Crippen LogP contribution in [-0.4, -0.2) is 217 Å². The highest BCUT2D eigenvalue weighted by Gasteiger charge is 2.57. The molecule has 14 rings (SSSR count). The van der Waals surface area contributed by atoms with Gasteiger partial charge in [-0.2, -0.15) is 0 Å². The molecule has 4 unspecified atom stereocenters. The van der Waals surface area contributed by atoms with Gasteiger partial charge in [0.1, 0.15) is 96.3 Å². The zero-order valence-electron chi connectivity index (χ0n) is 61.4. The van der Waals surface area contributed by atoms with Crippen LogP contribution in [0.5, 0.6) is 0 Å². The van der Waals surface area contributed by atoms with E-state index in [1.54, 1.807) is 20.6 Å². The lowest BCUT2D eigenvalue weighted by molar-refractivity contribution is -0.209. The van der Waals surface area contributed by atoms with Crippen LogP contribution in [0.4, 0.5) is 23.3 Å². The molecule has 6 aliphatic heterocycles. The highest BCUT2D eigenvalue weighted by atomic mass is 31.2. The van der Waals surface area contributed by atoms with Crippen LogP contribution in [0.1, 0.15) is 73.4 Å². The van der Waals surface area contributed by atoms with Crippen LogP contribution in [0.3, 0.4) is 0 Å². The molecule has 0 saturated carbocycles. The Kier molecular flexibility index (Phi) is 25.8. The van der Waals surface area contributed by atoms with Crippen LogP contribution in [0.25, 0.3) is 44.7 Å². The molecule has 0 spiro atoms. The van der Waals surface area contributed by atoms with Crippen molar-refractivity contribution in [1.82, 2.24) is 111 Å². The maximum absolute atomic E-state index is 13.8. The summed E-state index contributed by atoms with van der Waals surface area (Å²) in [7, 11) is -21.6. The maximum Gasteiger partial charge on any atom is 0.403 e. The van der Waals surface area contributed by atoms with Crippen LogP contribution in [0.2, 0.25) is 36.3 Å². The summed E-state index contributed by atoms with van der Waals surface area (Å²) in [6, 6.07) is -4.65. The standard InChI is InChI=1S/C27H42N12O9P2Si.C26H40N12O10P2Si.2CH5N.2H3N/c1-13-16-14(46-25(13)38-11-34-18-21(28)30-9-32-23(18)38)7-44-50(42,43)37-17-15(8-45-49(40,41)36-16)47-26(20(17)48-51(5,6)27(2,3)4)39-12-35-19-22(29)31-10-33-24(19)39;1-26(2,3)51(4,5)48-19-15-13(47-25(19)38-11-34-17-21(28)30-9-32-23(17)38)7-45-49(40,41)35-14-12(6-44-50(42,43)36-15)46-24(18(14)39)37-10-33-16-20(27)29-8-31-22(16)37;2*1-2;;/h9-17,20,25-26H,7-8H2,1-6H3,(H2,28,30,32)(H2,29,31,33)(H2,36,40,41)(H2,37,42,43);8-15,18-19,24-25,39H,6-7H2,1-5H3,(H2,27,29,31)(H2,28,30,32)(H2,35,40,41)(H2,36,42,43);2*2H2,1H3;2*1H3/p-2/t13-,14-,15-,16+,17-,20-,25-,26-;12-,13-,14-,15-,18-,19-,24-,25-;;;;/m11..../s1. The van der Waals surface area contributed by atoms with Crippen molar-refractivity contribution in [3.8, 4) is 0 Å². The Hall–Kier alpha value is -6.17. The fraction of sp³-hybridized carbons (Fsp3) is 0.636. The second kappa shape index (κ2) is 32.5. The highest BCUT2D eigenvalue weighted by molar-refractivity contribution is 7.51. The van der Waals surface area contributed by atoms with Crippen molar-refractivity contribution in [2.75, 3.05) is 63.5 Å². The molecule has 20 atom stereocenters. The summed E-state index contributed by atoms with van der Waals surface area (Å²) >= 11 is 0. The smallest absolute Gasteiger partial charge is 0.403 e. The van der Waals surface area contributed by atoms with E-state index in [0.717, 1.165) is 0 Å². The Morgan fingerprint density at radius 2 is 0.731 bits per heavy atom. The second-order valence-electron chi connectivity index (χ2n) is 28.5. The van der Waals surface area contributed by atoms with Gasteiger partial charge >= 0.3 is 15.5 Å². The number of nitrogen functional groups attached to an aromatic ring is 4. The summed E-state index contributed by atoms with van der Waals surface area (Å²) in [4.78, 5) is 99.7. The number of nitrogens with one attached hydrogen (secondary N) is 4. The average molecular weight is 1630 g/mol. The van der Waals surface area contributed by atoms with Crippen molar-refractivity contribution in [2.24, 2.45) is 17.4 Å². The first-order valence-electron chi connectivity index (χ1n) is 33.2. The lowest BCUT2D eigenvalue weighted by Gasteiger charge is -2.42. The molecular formula is C55H96N28O19P4Si2-2. The van der Waals surface area contributed by atoms with Gasteiger partial charge < -0.3 is 108 Å². The predicted molar refractivity (Wildman–Crippen MR) is 391 cm³/mol. The lowest BCUT2D eigenvalue weighted by atomic mass is 10.00. The van der Waals surface area contributed by atoms with Gasteiger partial charge in [-0.1, -0.05) is 48.5 Å². The number of aromatic nitrogens is 16. The number of rotatable bonds is 8. The molecule has 14 heterocycles. The normalized spacial score (nSPS) is 33.5. The monoisotopic (exact) mass is 1630 g/mol. The minimum atomic E-state index is -4.92. The molecule has 47 nitrogen and oxygen atoms in total. The molecule has 25 N–H and O–H groups in total. The summed E-state index contributed by atoms with van der Waals surface area (Å²) in [6.07, 6.45) is -1.76. The summed E-state index contributed by atoms with van der Waals surface area (Å²) in [5.41, 5.74) is 35.3. The zero-order valence-corrected chi connectivity index (χ0v) is 67.0. The van der Waals surface area contributed by atoms with Crippen LogP contribution in [0, 0.1) is 5.92 Å². The third kappa shape index (κ3) is 17.2. The van der Waals surface area contributed by atoms with Gasteiger partial charge in [-0.15, -0.1) is 0 Å². The first kappa shape index (κ1) is 85.8. The van der Waals surface area contributed by atoms with Crippen LogP contribution >= 0.6 is 31.0 Å². The van der Waals surface area contributed by atoms with Crippen molar-refractivity contribution >= 4 is 116 Å². The average Bonchev–Trinajstić information content (AvgIpc) is 1.62. The Morgan fingerprint density at radius 3 is 1.09 bits per heavy atom. The number of hydrogen-bond acceptors (Lipinski definition) is 37. The van der Waals surface area contributed by atoms with Crippen LogP contribution in [0.15, 0.2) is 50.6 Å². The number of nitrogens with zero attached hydrogens (tertiary/aromatic N) is 16. The Labute approximate surface area is 620 Å². The molecular weight excluding hydrogens is 1540 g/mol. The van der Waals surface area contributed by atoms with Gasteiger partial charge in [-0.25, -0.2) is 84.2 Å². The molecule has 6 aliphatic rings. The van der Waals surface area contributed by atoms with Gasteiger partial charge in [0.05, 0.1) is 69.9 Å². The Morgan fingerprint density at radius 1 is 0.454 bits per heavy atom. The number of fused-ring (bicyclic) bond motifs is 8. The minimum absolute atomic E-state index is 0. The largest absolute Gasteiger partial charge is 0.766 e. The van der Waals surface area contributed by atoms with E-state index in [1.807, 2.05) is 67.7 Å². The molecule has 0 bridgehead atoms. The van der Waals surface area contributed by atoms with Crippen LogP contribution in [-0.2, 0) is 64.2 Å². The van der Waals surface area contributed by atoms with Crippen molar-refractivity contribution < 1.29 is 88.8 Å². The third-order valence-corrected chi connectivity index (χ3v) is 33.2. The fourth-order valence-corrected chi connectivity index (χ4v) is 19.6. The summed E-state index contributed by atoms with van der Waals surface area (Å²) in [5, 5.41) is 21.0. The maximum atomic E-state index is 13.8. The van der Waals surface area contributed by atoms with Crippen molar-refractivity contribution in [3.63, 3.8) is 0 Å². The van der Waals surface area contributed by atoms with Crippen molar-refractivity contribution in [2.45, 2.75) is 177 Å². The van der Waals surface area contributed by atoms with E-state index >= 15 is 0 Å². The summed E-state index contributed by atoms with van der Waals surface area (Å²) in [6.45, 7) is 19.6. The highest BCUT2D eigenvalue weighted by Crippen LogP contribution is 2.53. The van der Waals surface area contributed by atoms with E-state index in [4.69, 9.17) is 68.8 Å². The number of anilines is 4. The molecule has 6 fully saturated rings. The molecule has 600 valence electrons. The number of nitrogens with two attached hydrogens (primary N) is 6. The van der Waals surface area contributed by atoms with E-state index in [9.17, 15) is 42.9 Å². The van der Waals surface area contributed by atoms with Gasteiger partial charge in [0, 0.05) is 12.0 Å². The zero-order chi connectivity index (χ0) is 77.3. The topological polar surface area (TPSA) is 716 Å². The van der Waals surface area contributed by atoms with Crippen LogP contribution < -0.4 is 76.8 Å². The first-order chi connectivity index (χ1) is 49.7. The summed E-state index contributed by atoms with van der Waals surface area (Å²) in [5.74, 6) is -0.0961. The van der Waals surface area contributed by atoms with E-state index in [-0.39, 0.29) is 56.8 Å². The van der Waals surface area contributed by atoms with Crippen molar-refractivity contribution in [1.29, 1.82) is 0 Å². The molecule has 53 heteroatoms. The molecule has 0 radical (unpaired) electrons. The molecule has 0 aromatic carbocycles. The van der Waals surface area contributed by atoms with Gasteiger partial charge in [0.25, 0.3) is 0 Å². The number of ether oxygens (including phenoxy) is 4. The van der Waals surface area contributed by atoms with E-state index < -0.39 is 172 Å². The van der Waals surface area contributed by atoms with Gasteiger partial charge in [0.15, 0.2) is 81.2 Å². The fourth-order valence-electron chi connectivity index (χ4n) is 12.5. The molecule has 8 aromatic heterocycles. The molecule has 108 heavy (non-hydrogen) atoms. The van der Waals surface area contributed by atoms with Gasteiger partial charge in [-0.05, 0) is 50.4 Å². The van der Waals surface area contributed by atoms with E-state index in [2.05, 4.69) is 91.6 Å². The number of aliphatic hydroxyl groups excluding tert-OH is 1. The Bertz CT molecular complexity index is 4390. The second-order valence-corrected chi connectivity index (χ2v) is 44.1. The molecule has 0 aliphatic carbocycles. The minimum Gasteiger partial charge on any atom is -0.766 e. The number of hydrogen-bond donors (Lipinski definition) is 15. The van der Waals surface area contributed by atoms with Crippen molar-refractivity contribution in [3.05, 3.63) is 50.6 Å². The Balaban J connectivity index is 0.000000234. The summed E-state index contributed by atoms with van der Waals surface area (Å²) < 4.78 is 122. The molecule has 0 amide bonds. The predicted octanol–water partition coefficient (Wildman–Crippen LogP) is 0.566. The van der Waals surface area contributed by atoms with E-state index in [0.29, 0.717) is 33.5 Å². The quantitative estimate of drug-likeness (QED) is 0.0730. The third-order valence-electron chi connectivity index (χ3n) is 19.8. The SMILES string of the molecule is CC(C)(C)[Si](C)(C)O[C@@H]1[C@@H]2NP(=O)(O)OC[C@H]3O[C@@H](n4cnc5c(N)ncnc54)[C@H](O)[C@@H]3NP(=O)(O)OC[C@H]2O[C@H]1n1cnc2c(N)ncnc21.CN.CN.C[C@@H]1[C@@H]2NP(=O)([O-])OC[C@H]3O[C@@H](n4cnc5c(N)ncnc54)[C@H](O[Si](C)(C)C(C)(C)C)[C@@H]3NP(=O)([O-])OC[C@H]2O[C@H]1n1cnc2c(N)ncnc21.N.N. The molecule has 8 aromatic rings. The first-order valence-corrected chi connectivity index (χ1v) is 45.3. The molecule has 6 saturated heterocycles. The number of aliphatic hydroxyl groups is 1. The van der Waals surface area contributed by atoms with Gasteiger partial charge in [0.2, 0.25) is 15.5 Å².